The number of carbonyl (C=O) groups excluding carboxylic acids is 2. The maximum atomic E-state index is 12.9. The van der Waals surface area contributed by atoms with Crippen LogP contribution in [0.15, 0.2) is 66.2 Å². The van der Waals surface area contributed by atoms with Crippen LogP contribution in [0.3, 0.4) is 0 Å². The molecule has 0 aliphatic carbocycles. The predicted octanol–water partition coefficient (Wildman–Crippen LogP) is 4.05. The zero-order valence-electron chi connectivity index (χ0n) is 17.1. The number of thiazole rings is 1. The normalized spacial score (nSPS) is 11.5. The van der Waals surface area contributed by atoms with Crippen LogP contribution >= 0.6 is 11.3 Å². The standard InChI is InChI=1S/C23H25N3O3S/c1-3-26(19-12-8-11-18(15-19)23(28)29-4-2)16-20(27)25-21(22-24-13-14-30-22)17-9-6-5-7-10-17/h5-15,21H,3-4,16H2,1-2H3,(H,25,27). The first kappa shape index (κ1) is 21.5. The van der Waals surface area contributed by atoms with E-state index in [-0.39, 0.29) is 24.5 Å². The van der Waals surface area contributed by atoms with Crippen molar-refractivity contribution >= 4 is 28.9 Å². The molecule has 1 atom stereocenters. The molecular weight excluding hydrogens is 398 g/mol. The van der Waals surface area contributed by atoms with Gasteiger partial charge >= 0.3 is 5.97 Å². The number of benzene rings is 2. The topological polar surface area (TPSA) is 71.5 Å². The molecule has 0 fully saturated rings. The van der Waals surface area contributed by atoms with Gasteiger partial charge in [0.2, 0.25) is 5.91 Å². The summed E-state index contributed by atoms with van der Waals surface area (Å²) in [5.41, 5.74) is 2.25. The Labute approximate surface area is 180 Å². The number of rotatable bonds is 9. The first-order valence-electron chi connectivity index (χ1n) is 9.88. The lowest BCUT2D eigenvalue weighted by Crippen LogP contribution is -2.39. The van der Waals surface area contributed by atoms with Gasteiger partial charge in [-0.25, -0.2) is 9.78 Å². The van der Waals surface area contributed by atoms with Gasteiger partial charge in [0.05, 0.1) is 18.7 Å². The summed E-state index contributed by atoms with van der Waals surface area (Å²) in [6, 6.07) is 16.6. The van der Waals surface area contributed by atoms with Gasteiger partial charge in [0.25, 0.3) is 0 Å². The van der Waals surface area contributed by atoms with Gasteiger partial charge in [-0.2, -0.15) is 0 Å². The molecule has 3 aromatic rings. The van der Waals surface area contributed by atoms with Crippen molar-refractivity contribution in [2.45, 2.75) is 19.9 Å². The molecule has 0 spiro atoms. The van der Waals surface area contributed by atoms with Gasteiger partial charge < -0.3 is 15.0 Å². The van der Waals surface area contributed by atoms with E-state index in [1.807, 2.05) is 53.6 Å². The average molecular weight is 424 g/mol. The minimum Gasteiger partial charge on any atom is -0.462 e. The molecule has 1 heterocycles. The van der Waals surface area contributed by atoms with Crippen LogP contribution in [-0.4, -0.2) is 36.6 Å². The van der Waals surface area contributed by atoms with E-state index in [9.17, 15) is 9.59 Å². The first-order chi connectivity index (χ1) is 14.6. The van der Waals surface area contributed by atoms with Crippen molar-refractivity contribution in [1.29, 1.82) is 0 Å². The number of nitrogens with zero attached hydrogens (tertiary/aromatic N) is 2. The fourth-order valence-corrected chi connectivity index (χ4v) is 3.83. The Morgan fingerprint density at radius 3 is 2.60 bits per heavy atom. The Morgan fingerprint density at radius 2 is 1.93 bits per heavy atom. The Balaban J connectivity index is 1.74. The summed E-state index contributed by atoms with van der Waals surface area (Å²) in [6.45, 7) is 4.85. The quantitative estimate of drug-likeness (QED) is 0.526. The molecule has 0 saturated carbocycles. The van der Waals surface area contributed by atoms with Crippen LogP contribution in [0.25, 0.3) is 0 Å². The second-order valence-electron chi connectivity index (χ2n) is 6.57. The van der Waals surface area contributed by atoms with Crippen LogP contribution in [-0.2, 0) is 9.53 Å². The van der Waals surface area contributed by atoms with E-state index in [1.54, 1.807) is 31.3 Å². The molecule has 30 heavy (non-hydrogen) atoms. The van der Waals surface area contributed by atoms with Crippen LogP contribution in [0.5, 0.6) is 0 Å². The molecular formula is C23H25N3O3S. The minimum absolute atomic E-state index is 0.123. The van der Waals surface area contributed by atoms with E-state index in [1.165, 1.54) is 11.3 Å². The summed E-state index contributed by atoms with van der Waals surface area (Å²) in [5, 5.41) is 5.84. The Bertz CT molecular complexity index is 961. The van der Waals surface area contributed by atoms with Crippen LogP contribution in [0.4, 0.5) is 5.69 Å². The van der Waals surface area contributed by atoms with Gasteiger partial charge in [0, 0.05) is 23.8 Å². The molecule has 0 radical (unpaired) electrons. The van der Waals surface area contributed by atoms with Crippen molar-refractivity contribution in [3.8, 4) is 0 Å². The minimum atomic E-state index is -0.368. The van der Waals surface area contributed by atoms with Crippen molar-refractivity contribution in [3.05, 3.63) is 82.3 Å². The molecule has 3 rings (SSSR count). The maximum Gasteiger partial charge on any atom is 0.338 e. The molecule has 1 aromatic heterocycles. The van der Waals surface area contributed by atoms with Crippen molar-refractivity contribution in [1.82, 2.24) is 10.3 Å². The summed E-state index contributed by atoms with van der Waals surface area (Å²) in [5.74, 6) is -0.491. The lowest BCUT2D eigenvalue weighted by Gasteiger charge is -2.25. The number of carbonyl (C=O) groups is 2. The zero-order chi connectivity index (χ0) is 21.3. The number of aromatic nitrogens is 1. The van der Waals surface area contributed by atoms with E-state index < -0.39 is 0 Å². The number of hydrogen-bond donors (Lipinski definition) is 1. The van der Waals surface area contributed by atoms with Gasteiger partial charge in [0.15, 0.2) is 0 Å². The second-order valence-corrected chi connectivity index (χ2v) is 7.49. The summed E-state index contributed by atoms with van der Waals surface area (Å²) >= 11 is 1.51. The number of likely N-dealkylation sites (N-methyl/N-ethyl adjacent to an activating group) is 1. The summed E-state index contributed by atoms with van der Waals surface area (Å²) in [7, 11) is 0. The first-order valence-corrected chi connectivity index (χ1v) is 10.8. The molecule has 7 heteroatoms. The maximum absolute atomic E-state index is 12.9. The highest BCUT2D eigenvalue weighted by molar-refractivity contribution is 7.09. The number of amides is 1. The van der Waals surface area contributed by atoms with Gasteiger partial charge in [-0.15, -0.1) is 11.3 Å². The summed E-state index contributed by atoms with van der Waals surface area (Å²) in [6.07, 6.45) is 1.74. The molecule has 0 bridgehead atoms. The SMILES string of the molecule is CCOC(=O)c1cccc(N(CC)CC(=O)NC(c2ccccc2)c2nccs2)c1. The molecule has 1 N–H and O–H groups in total. The van der Waals surface area contributed by atoms with Crippen LogP contribution in [0, 0.1) is 0 Å². The number of esters is 1. The largest absolute Gasteiger partial charge is 0.462 e. The molecule has 0 saturated heterocycles. The molecule has 0 aliphatic heterocycles. The molecule has 2 aromatic carbocycles. The highest BCUT2D eigenvalue weighted by Gasteiger charge is 2.21. The van der Waals surface area contributed by atoms with E-state index in [0.717, 1.165) is 16.3 Å². The van der Waals surface area contributed by atoms with Gasteiger partial charge in [-0.1, -0.05) is 36.4 Å². The molecule has 156 valence electrons. The highest BCUT2D eigenvalue weighted by atomic mass is 32.1. The van der Waals surface area contributed by atoms with Crippen LogP contribution < -0.4 is 10.2 Å². The third-order valence-corrected chi connectivity index (χ3v) is 5.42. The van der Waals surface area contributed by atoms with Crippen molar-refractivity contribution in [2.24, 2.45) is 0 Å². The van der Waals surface area contributed by atoms with E-state index in [0.29, 0.717) is 18.7 Å². The van der Waals surface area contributed by atoms with Crippen LogP contribution in [0.2, 0.25) is 0 Å². The second kappa shape index (κ2) is 10.5. The fraction of sp³-hybridized carbons (Fsp3) is 0.261. The molecule has 0 aliphatic rings. The summed E-state index contributed by atoms with van der Waals surface area (Å²) < 4.78 is 5.08. The van der Waals surface area contributed by atoms with Crippen molar-refractivity contribution in [3.63, 3.8) is 0 Å². The lowest BCUT2D eigenvalue weighted by molar-refractivity contribution is -0.120. The zero-order valence-corrected chi connectivity index (χ0v) is 17.9. The van der Waals surface area contributed by atoms with E-state index in [4.69, 9.17) is 4.74 Å². The molecule has 6 nitrogen and oxygen atoms in total. The van der Waals surface area contributed by atoms with Crippen LogP contribution in [0.1, 0.15) is 40.8 Å². The Morgan fingerprint density at radius 1 is 1.13 bits per heavy atom. The third-order valence-electron chi connectivity index (χ3n) is 4.58. The highest BCUT2D eigenvalue weighted by Crippen LogP contribution is 2.24. The van der Waals surface area contributed by atoms with E-state index in [2.05, 4.69) is 10.3 Å². The van der Waals surface area contributed by atoms with Gasteiger partial charge in [0.1, 0.15) is 11.0 Å². The Kier molecular flexibility index (Phi) is 7.57. The van der Waals surface area contributed by atoms with Crippen molar-refractivity contribution in [2.75, 3.05) is 24.6 Å². The number of ether oxygens (including phenoxy) is 1. The number of hydrogen-bond acceptors (Lipinski definition) is 6. The lowest BCUT2D eigenvalue weighted by atomic mass is 10.1. The van der Waals surface area contributed by atoms with Crippen molar-refractivity contribution < 1.29 is 14.3 Å². The molecule has 1 unspecified atom stereocenters. The van der Waals surface area contributed by atoms with Gasteiger partial charge in [-0.05, 0) is 37.6 Å². The monoisotopic (exact) mass is 423 g/mol. The fourth-order valence-electron chi connectivity index (χ4n) is 3.12. The van der Waals surface area contributed by atoms with Gasteiger partial charge in [-0.3, -0.25) is 4.79 Å². The molecule has 1 amide bonds. The van der Waals surface area contributed by atoms with E-state index >= 15 is 0 Å². The average Bonchev–Trinajstić information content (AvgIpc) is 3.31. The number of nitrogens with one attached hydrogen (secondary N) is 1. The third kappa shape index (κ3) is 5.45. The smallest absolute Gasteiger partial charge is 0.338 e. The Hall–Kier alpha value is -3.19. The number of anilines is 1. The summed E-state index contributed by atoms with van der Waals surface area (Å²) in [4.78, 5) is 31.3. The predicted molar refractivity (Wildman–Crippen MR) is 119 cm³/mol.